The summed E-state index contributed by atoms with van der Waals surface area (Å²) in [4.78, 5) is 18.3. The summed E-state index contributed by atoms with van der Waals surface area (Å²) in [6.45, 7) is 10.8. The molecule has 0 saturated carbocycles. The van der Waals surface area contributed by atoms with Crippen molar-refractivity contribution in [3.8, 4) is 89.0 Å². The van der Waals surface area contributed by atoms with Gasteiger partial charge in [-0.15, -0.1) is 0 Å². The van der Waals surface area contributed by atoms with Gasteiger partial charge in [-0.2, -0.15) is 0 Å². The maximum Gasteiger partial charge on any atom is 0.0349 e. The fraction of sp³-hybridized carbons (Fsp3) is 0.0909. The van der Waals surface area contributed by atoms with Gasteiger partial charge in [0.2, 0.25) is 0 Å². The third-order valence-corrected chi connectivity index (χ3v) is 11.5. The second kappa shape index (κ2) is 15.9. The fourth-order valence-electron chi connectivity index (χ4n) is 8.24. The third kappa shape index (κ3) is 7.49. The zero-order valence-electron chi connectivity index (χ0n) is 34.0. The van der Waals surface area contributed by atoms with E-state index in [0.29, 0.717) is 0 Å². The standard InChI is InChI=1S/C55H44N4/c1-35-10-9-13-41(22-35)49-30-50(42-23-44(52-31-56-18-14-36(52)2)27-45(24-42)53-32-57-19-15-37(53)3)48(40-11-7-6-8-12-40)29-51(49)43-25-46(54-33-58-20-16-38(54)4)28-47(26-43)55-34-59-21-17-39(55)5/h6-34H,1-5H3. The van der Waals surface area contributed by atoms with E-state index < -0.39 is 0 Å². The minimum absolute atomic E-state index is 1.11. The van der Waals surface area contributed by atoms with Crippen molar-refractivity contribution in [1.29, 1.82) is 0 Å². The number of hydrogen-bond donors (Lipinski definition) is 0. The van der Waals surface area contributed by atoms with Gasteiger partial charge in [0.05, 0.1) is 0 Å². The lowest BCUT2D eigenvalue weighted by atomic mass is 9.83. The molecule has 0 atom stereocenters. The molecule has 0 saturated heterocycles. The zero-order valence-corrected chi connectivity index (χ0v) is 34.0. The van der Waals surface area contributed by atoms with E-state index in [0.717, 1.165) is 89.0 Å². The molecule has 0 bridgehead atoms. The molecule has 0 spiro atoms. The molecule has 0 unspecified atom stereocenters. The number of benzene rings is 5. The molecular formula is C55H44N4. The number of aryl methyl sites for hydroxylation is 5. The van der Waals surface area contributed by atoms with Crippen molar-refractivity contribution in [2.75, 3.05) is 0 Å². The van der Waals surface area contributed by atoms with Gasteiger partial charge in [0, 0.05) is 71.8 Å². The third-order valence-electron chi connectivity index (χ3n) is 11.5. The highest BCUT2D eigenvalue weighted by molar-refractivity contribution is 5.98. The van der Waals surface area contributed by atoms with E-state index in [-0.39, 0.29) is 0 Å². The van der Waals surface area contributed by atoms with Gasteiger partial charge in [0.25, 0.3) is 0 Å². The highest BCUT2D eigenvalue weighted by Gasteiger charge is 2.20. The molecule has 4 heteroatoms. The summed E-state index contributed by atoms with van der Waals surface area (Å²) < 4.78 is 0. The molecule has 0 aliphatic carbocycles. The highest BCUT2D eigenvalue weighted by Crippen LogP contribution is 2.46. The van der Waals surface area contributed by atoms with Crippen LogP contribution >= 0.6 is 0 Å². The van der Waals surface area contributed by atoms with E-state index in [2.05, 4.69) is 182 Å². The van der Waals surface area contributed by atoms with Crippen molar-refractivity contribution in [2.24, 2.45) is 0 Å². The number of nitrogens with zero attached hydrogens (tertiary/aromatic N) is 4. The molecule has 9 rings (SSSR count). The molecule has 4 nitrogen and oxygen atoms in total. The van der Waals surface area contributed by atoms with Gasteiger partial charge in [0.15, 0.2) is 0 Å². The Morgan fingerprint density at radius 2 is 0.576 bits per heavy atom. The van der Waals surface area contributed by atoms with Crippen LogP contribution in [0.5, 0.6) is 0 Å². The molecular weight excluding hydrogens is 717 g/mol. The summed E-state index contributed by atoms with van der Waals surface area (Å²) in [6.07, 6.45) is 15.4. The van der Waals surface area contributed by atoms with E-state index in [1.807, 2.05) is 49.6 Å². The SMILES string of the molecule is Cc1cccc(-c2cc(-c3cc(-c4cnccc4C)cc(-c4cnccc4C)c3)c(-c3ccccc3)cc2-c2cc(-c3cnccc3C)cc(-c3cnccc3C)c2)c1. The molecule has 0 N–H and O–H groups in total. The van der Waals surface area contributed by atoms with E-state index in [4.69, 9.17) is 0 Å². The average Bonchev–Trinajstić information content (AvgIpc) is 3.26. The Morgan fingerprint density at radius 3 is 0.932 bits per heavy atom. The summed E-state index contributed by atoms with van der Waals surface area (Å²) in [5.74, 6) is 0. The van der Waals surface area contributed by atoms with Gasteiger partial charge in [-0.25, -0.2) is 0 Å². The van der Waals surface area contributed by atoms with Crippen molar-refractivity contribution in [2.45, 2.75) is 34.6 Å². The molecule has 59 heavy (non-hydrogen) atoms. The lowest BCUT2D eigenvalue weighted by Crippen LogP contribution is -1.96. The number of pyridine rings is 4. The molecule has 9 aromatic rings. The smallest absolute Gasteiger partial charge is 0.0349 e. The van der Waals surface area contributed by atoms with Gasteiger partial charge in [-0.1, -0.05) is 60.2 Å². The van der Waals surface area contributed by atoms with E-state index in [9.17, 15) is 0 Å². The van der Waals surface area contributed by atoms with Crippen molar-refractivity contribution < 1.29 is 0 Å². The van der Waals surface area contributed by atoms with Crippen molar-refractivity contribution in [3.05, 3.63) is 205 Å². The molecule has 284 valence electrons. The molecule has 0 aliphatic rings. The van der Waals surface area contributed by atoms with Crippen molar-refractivity contribution in [1.82, 2.24) is 19.9 Å². The van der Waals surface area contributed by atoms with Crippen LogP contribution in [0.15, 0.2) is 177 Å². The first-order valence-electron chi connectivity index (χ1n) is 20.1. The Bertz CT molecular complexity index is 2870. The van der Waals surface area contributed by atoms with E-state index in [1.165, 1.54) is 27.8 Å². The van der Waals surface area contributed by atoms with E-state index in [1.54, 1.807) is 0 Å². The molecule has 4 heterocycles. The molecule has 5 aromatic carbocycles. The average molecular weight is 761 g/mol. The largest absolute Gasteiger partial charge is 0.264 e. The fourth-order valence-corrected chi connectivity index (χ4v) is 8.24. The topological polar surface area (TPSA) is 51.6 Å². The second-order valence-corrected chi connectivity index (χ2v) is 15.5. The number of hydrogen-bond acceptors (Lipinski definition) is 4. The quantitative estimate of drug-likeness (QED) is 0.155. The molecule has 4 aromatic heterocycles. The predicted octanol–water partition coefficient (Wildman–Crippen LogP) is 14.1. The van der Waals surface area contributed by atoms with Crippen LogP contribution in [0.25, 0.3) is 89.0 Å². The lowest BCUT2D eigenvalue weighted by molar-refractivity contribution is 1.28. The summed E-state index contributed by atoms with van der Waals surface area (Å²) >= 11 is 0. The van der Waals surface area contributed by atoms with Crippen molar-refractivity contribution in [3.63, 3.8) is 0 Å². The highest BCUT2D eigenvalue weighted by atomic mass is 14.6. The predicted molar refractivity (Wildman–Crippen MR) is 245 cm³/mol. The summed E-state index contributed by atoms with van der Waals surface area (Å²) in [6, 6.07) is 46.7. The Kier molecular flexibility index (Phi) is 10.1. The minimum Gasteiger partial charge on any atom is -0.264 e. The summed E-state index contributed by atoms with van der Waals surface area (Å²) in [5, 5.41) is 0. The van der Waals surface area contributed by atoms with Gasteiger partial charge in [-0.3, -0.25) is 19.9 Å². The first kappa shape index (κ1) is 37.3. The van der Waals surface area contributed by atoms with E-state index >= 15 is 0 Å². The monoisotopic (exact) mass is 760 g/mol. The molecule has 0 amide bonds. The Morgan fingerprint density at radius 1 is 0.254 bits per heavy atom. The van der Waals surface area contributed by atoms with Crippen LogP contribution in [0.3, 0.4) is 0 Å². The molecule has 0 fully saturated rings. The van der Waals surface area contributed by atoms with Crippen LogP contribution in [0.1, 0.15) is 27.8 Å². The number of aromatic nitrogens is 4. The lowest BCUT2D eigenvalue weighted by Gasteiger charge is -2.21. The normalized spacial score (nSPS) is 11.1. The molecule has 0 radical (unpaired) electrons. The Hall–Kier alpha value is -7.30. The molecule has 0 aliphatic heterocycles. The first-order chi connectivity index (χ1) is 28.8. The van der Waals surface area contributed by atoms with Gasteiger partial charge in [0.1, 0.15) is 0 Å². The second-order valence-electron chi connectivity index (χ2n) is 15.5. The van der Waals surface area contributed by atoms with Crippen LogP contribution in [0.4, 0.5) is 0 Å². The van der Waals surface area contributed by atoms with Crippen LogP contribution in [-0.4, -0.2) is 19.9 Å². The Labute approximate surface area is 347 Å². The maximum absolute atomic E-state index is 4.57. The van der Waals surface area contributed by atoms with Gasteiger partial charge >= 0.3 is 0 Å². The first-order valence-corrected chi connectivity index (χ1v) is 20.1. The summed E-state index contributed by atoms with van der Waals surface area (Å²) in [7, 11) is 0. The van der Waals surface area contributed by atoms with Gasteiger partial charge in [-0.05, 0) is 196 Å². The van der Waals surface area contributed by atoms with Crippen molar-refractivity contribution >= 4 is 0 Å². The van der Waals surface area contributed by atoms with Crippen LogP contribution in [0.2, 0.25) is 0 Å². The Balaban J connectivity index is 1.38. The van der Waals surface area contributed by atoms with Crippen LogP contribution in [0, 0.1) is 34.6 Å². The minimum atomic E-state index is 1.11. The zero-order chi connectivity index (χ0) is 40.5. The van der Waals surface area contributed by atoms with Gasteiger partial charge < -0.3 is 0 Å². The summed E-state index contributed by atoms with van der Waals surface area (Å²) in [5.41, 5.74) is 23.9. The maximum atomic E-state index is 4.57. The van der Waals surface area contributed by atoms with Crippen LogP contribution in [-0.2, 0) is 0 Å². The van der Waals surface area contributed by atoms with Crippen LogP contribution < -0.4 is 0 Å². The number of rotatable bonds is 8.